The topological polar surface area (TPSA) is 92.7 Å². The van der Waals surface area contributed by atoms with Crippen molar-refractivity contribution in [3.8, 4) is 0 Å². The number of Topliss-reactive ketones (excluding diaryl/α,β-unsaturated/α-hetero) is 1. The molecule has 1 amide bonds. The van der Waals surface area contributed by atoms with Crippen LogP contribution in [0.15, 0.2) is 0 Å². The highest BCUT2D eigenvalue weighted by atomic mass is 16.5. The standard InChI is InChI=1S/C13H21NO5/c1-7(2)10(14-13(18)19-3)11(15)8-5-4-6-9(8)12(16)17/h7-10H,4-6H2,1-3H3,(H,14,18)(H,16,17)/t8?,9-,10-/m1/s1. The van der Waals surface area contributed by atoms with Crippen molar-refractivity contribution in [2.75, 3.05) is 7.11 Å². The summed E-state index contributed by atoms with van der Waals surface area (Å²) in [4.78, 5) is 34.8. The van der Waals surface area contributed by atoms with Crippen LogP contribution in [-0.4, -0.2) is 36.1 Å². The van der Waals surface area contributed by atoms with E-state index in [-0.39, 0.29) is 11.7 Å². The average Bonchev–Trinajstić information content (AvgIpc) is 2.83. The third-order valence-corrected chi connectivity index (χ3v) is 3.63. The van der Waals surface area contributed by atoms with Gasteiger partial charge in [-0.15, -0.1) is 0 Å². The number of hydrogen-bond donors (Lipinski definition) is 2. The Bertz CT molecular complexity index is 366. The zero-order valence-electron chi connectivity index (χ0n) is 11.5. The second kappa shape index (κ2) is 6.54. The maximum Gasteiger partial charge on any atom is 0.407 e. The van der Waals surface area contributed by atoms with Crippen LogP contribution >= 0.6 is 0 Å². The van der Waals surface area contributed by atoms with E-state index in [0.717, 1.165) is 6.42 Å². The number of aliphatic carboxylic acids is 1. The first kappa shape index (κ1) is 15.5. The molecule has 0 aromatic rings. The number of amides is 1. The van der Waals surface area contributed by atoms with E-state index >= 15 is 0 Å². The second-order valence-corrected chi connectivity index (χ2v) is 5.24. The minimum atomic E-state index is -0.934. The minimum absolute atomic E-state index is 0.110. The summed E-state index contributed by atoms with van der Waals surface area (Å²) in [6, 6.07) is -0.697. The molecule has 108 valence electrons. The van der Waals surface area contributed by atoms with Gasteiger partial charge in [-0.1, -0.05) is 20.3 Å². The molecule has 1 unspecified atom stereocenters. The number of ether oxygens (including phenoxy) is 1. The summed E-state index contributed by atoms with van der Waals surface area (Å²) >= 11 is 0. The van der Waals surface area contributed by atoms with E-state index in [2.05, 4.69) is 10.1 Å². The molecule has 0 aromatic carbocycles. The normalized spacial score (nSPS) is 24.0. The van der Waals surface area contributed by atoms with Gasteiger partial charge in [0.05, 0.1) is 19.1 Å². The van der Waals surface area contributed by atoms with Gasteiger partial charge >= 0.3 is 12.1 Å². The molecule has 3 atom stereocenters. The number of methoxy groups -OCH3 is 1. The van der Waals surface area contributed by atoms with Crippen LogP contribution in [0, 0.1) is 17.8 Å². The van der Waals surface area contributed by atoms with E-state index in [4.69, 9.17) is 5.11 Å². The van der Waals surface area contributed by atoms with Crippen LogP contribution in [0.25, 0.3) is 0 Å². The fraction of sp³-hybridized carbons (Fsp3) is 0.769. The van der Waals surface area contributed by atoms with Crippen LogP contribution in [0.5, 0.6) is 0 Å². The molecule has 1 rings (SSSR count). The first-order valence-electron chi connectivity index (χ1n) is 6.49. The number of carbonyl (C=O) groups is 3. The summed E-state index contributed by atoms with van der Waals surface area (Å²) in [5.74, 6) is -2.39. The molecule has 0 aliphatic heterocycles. The summed E-state index contributed by atoms with van der Waals surface area (Å²) in [5, 5.41) is 11.6. The summed E-state index contributed by atoms with van der Waals surface area (Å²) < 4.78 is 4.50. The SMILES string of the molecule is COC(=O)N[C@@H](C(=O)C1CCC[C@H]1C(=O)O)C(C)C. The monoisotopic (exact) mass is 271 g/mol. The van der Waals surface area contributed by atoms with Crippen LogP contribution in [0.3, 0.4) is 0 Å². The van der Waals surface area contributed by atoms with E-state index < -0.39 is 29.9 Å². The number of hydrogen-bond acceptors (Lipinski definition) is 4. The van der Waals surface area contributed by atoms with Crippen LogP contribution < -0.4 is 5.32 Å². The van der Waals surface area contributed by atoms with E-state index in [1.54, 1.807) is 0 Å². The molecule has 0 saturated heterocycles. The molecule has 0 spiro atoms. The van der Waals surface area contributed by atoms with Crippen LogP contribution in [0.1, 0.15) is 33.1 Å². The van der Waals surface area contributed by atoms with Crippen molar-refractivity contribution < 1.29 is 24.2 Å². The fourth-order valence-electron chi connectivity index (χ4n) is 2.58. The van der Waals surface area contributed by atoms with Gasteiger partial charge in [0.25, 0.3) is 0 Å². The largest absolute Gasteiger partial charge is 0.481 e. The summed E-state index contributed by atoms with van der Waals surface area (Å²) in [6.45, 7) is 3.62. The molecule has 6 nitrogen and oxygen atoms in total. The molecular formula is C13H21NO5. The molecular weight excluding hydrogens is 250 g/mol. The lowest BCUT2D eigenvalue weighted by molar-refractivity contribution is -0.146. The molecule has 2 N–H and O–H groups in total. The third kappa shape index (κ3) is 3.68. The molecule has 6 heteroatoms. The van der Waals surface area contributed by atoms with Crippen molar-refractivity contribution in [3.05, 3.63) is 0 Å². The zero-order valence-corrected chi connectivity index (χ0v) is 11.5. The number of carboxylic acids is 1. The highest BCUT2D eigenvalue weighted by Crippen LogP contribution is 2.34. The number of ketones is 1. The van der Waals surface area contributed by atoms with Gasteiger partial charge in [-0.05, 0) is 18.8 Å². The number of nitrogens with one attached hydrogen (secondary N) is 1. The second-order valence-electron chi connectivity index (χ2n) is 5.24. The third-order valence-electron chi connectivity index (χ3n) is 3.63. The number of carbonyl (C=O) groups excluding carboxylic acids is 2. The van der Waals surface area contributed by atoms with E-state index in [0.29, 0.717) is 12.8 Å². The van der Waals surface area contributed by atoms with Crippen molar-refractivity contribution in [2.45, 2.75) is 39.2 Å². The number of alkyl carbamates (subject to hydrolysis) is 1. The maximum absolute atomic E-state index is 12.4. The molecule has 0 bridgehead atoms. The van der Waals surface area contributed by atoms with Crippen molar-refractivity contribution in [1.82, 2.24) is 5.32 Å². The Morgan fingerprint density at radius 1 is 1.21 bits per heavy atom. The first-order valence-corrected chi connectivity index (χ1v) is 6.49. The van der Waals surface area contributed by atoms with Gasteiger partial charge in [0.2, 0.25) is 0 Å². The zero-order chi connectivity index (χ0) is 14.6. The van der Waals surface area contributed by atoms with Crippen molar-refractivity contribution >= 4 is 17.8 Å². The van der Waals surface area contributed by atoms with Crippen LogP contribution in [-0.2, 0) is 14.3 Å². The van der Waals surface area contributed by atoms with Crippen molar-refractivity contribution in [3.63, 3.8) is 0 Å². The maximum atomic E-state index is 12.4. The predicted octanol–water partition coefficient (Wildman–Crippen LogP) is 1.44. The highest BCUT2D eigenvalue weighted by Gasteiger charge is 2.41. The Balaban J connectivity index is 2.81. The van der Waals surface area contributed by atoms with E-state index in [1.165, 1.54) is 7.11 Å². The Morgan fingerprint density at radius 2 is 1.79 bits per heavy atom. The Hall–Kier alpha value is -1.59. The number of rotatable bonds is 5. The molecule has 1 aliphatic rings. The Morgan fingerprint density at radius 3 is 2.26 bits per heavy atom. The minimum Gasteiger partial charge on any atom is -0.481 e. The lowest BCUT2D eigenvalue weighted by atomic mass is 9.85. The van der Waals surface area contributed by atoms with Gasteiger partial charge < -0.3 is 15.2 Å². The first-order chi connectivity index (χ1) is 8.88. The quantitative estimate of drug-likeness (QED) is 0.789. The van der Waals surface area contributed by atoms with Crippen molar-refractivity contribution in [2.24, 2.45) is 17.8 Å². The molecule has 0 radical (unpaired) electrons. The predicted molar refractivity (Wildman–Crippen MR) is 67.6 cm³/mol. The number of carboxylic acid groups (broad SMARTS) is 1. The molecule has 1 aliphatic carbocycles. The van der Waals surface area contributed by atoms with Gasteiger partial charge in [0.1, 0.15) is 0 Å². The molecule has 1 saturated carbocycles. The lowest BCUT2D eigenvalue weighted by Crippen LogP contribution is -2.48. The average molecular weight is 271 g/mol. The summed E-state index contributed by atoms with van der Waals surface area (Å²) in [6.07, 6.45) is 1.16. The Labute approximate surface area is 112 Å². The summed E-state index contributed by atoms with van der Waals surface area (Å²) in [7, 11) is 1.23. The smallest absolute Gasteiger partial charge is 0.407 e. The highest BCUT2D eigenvalue weighted by molar-refractivity contribution is 5.92. The van der Waals surface area contributed by atoms with E-state index in [9.17, 15) is 14.4 Å². The van der Waals surface area contributed by atoms with Gasteiger partial charge in [-0.2, -0.15) is 0 Å². The van der Waals surface area contributed by atoms with E-state index in [1.807, 2.05) is 13.8 Å². The summed E-state index contributed by atoms with van der Waals surface area (Å²) in [5.41, 5.74) is 0. The fourth-order valence-corrected chi connectivity index (χ4v) is 2.58. The van der Waals surface area contributed by atoms with Crippen LogP contribution in [0.4, 0.5) is 4.79 Å². The molecule has 19 heavy (non-hydrogen) atoms. The molecule has 1 fully saturated rings. The molecule has 0 heterocycles. The molecule has 0 aromatic heterocycles. The van der Waals surface area contributed by atoms with Gasteiger partial charge in [-0.25, -0.2) is 4.79 Å². The van der Waals surface area contributed by atoms with Gasteiger partial charge in [0, 0.05) is 5.92 Å². The lowest BCUT2D eigenvalue weighted by Gasteiger charge is -2.25. The van der Waals surface area contributed by atoms with Crippen LogP contribution in [0.2, 0.25) is 0 Å². The Kier molecular flexibility index (Phi) is 5.32. The van der Waals surface area contributed by atoms with Crippen molar-refractivity contribution in [1.29, 1.82) is 0 Å². The van der Waals surface area contributed by atoms with Gasteiger partial charge in [0.15, 0.2) is 5.78 Å². The van der Waals surface area contributed by atoms with Gasteiger partial charge in [-0.3, -0.25) is 9.59 Å².